The summed E-state index contributed by atoms with van der Waals surface area (Å²) in [6, 6.07) is 21.3. The van der Waals surface area contributed by atoms with Gasteiger partial charge in [0.05, 0.1) is 19.6 Å². The lowest BCUT2D eigenvalue weighted by atomic mass is 10.1. The van der Waals surface area contributed by atoms with Crippen molar-refractivity contribution in [3.05, 3.63) is 89.0 Å². The van der Waals surface area contributed by atoms with Gasteiger partial charge >= 0.3 is 0 Å². The summed E-state index contributed by atoms with van der Waals surface area (Å²) in [4.78, 5) is 9.89. The molecule has 0 atom stereocenters. The predicted molar refractivity (Wildman–Crippen MR) is 141 cm³/mol. The van der Waals surface area contributed by atoms with Crippen LogP contribution in [0.5, 0.6) is 17.2 Å². The minimum absolute atomic E-state index is 0.472. The summed E-state index contributed by atoms with van der Waals surface area (Å²) < 4.78 is 16.8. The number of hydrogen-bond acceptors (Lipinski definition) is 7. The van der Waals surface area contributed by atoms with Crippen molar-refractivity contribution < 1.29 is 14.2 Å². The topological polar surface area (TPSA) is 65.5 Å². The monoisotopic (exact) mass is 503 g/mol. The molecule has 0 bridgehead atoms. The van der Waals surface area contributed by atoms with E-state index in [9.17, 15) is 0 Å². The van der Waals surface area contributed by atoms with Crippen LogP contribution in [-0.2, 0) is 6.61 Å². The molecule has 8 heteroatoms. The van der Waals surface area contributed by atoms with E-state index in [1.54, 1.807) is 31.9 Å². The Balaban J connectivity index is 1.38. The van der Waals surface area contributed by atoms with Crippen LogP contribution in [-0.4, -0.2) is 24.2 Å². The molecule has 0 aliphatic heterocycles. The highest BCUT2D eigenvalue weighted by atomic mass is 35.5. The van der Waals surface area contributed by atoms with Crippen molar-refractivity contribution in [3.63, 3.8) is 0 Å². The molecular weight excluding hydrogens is 482 g/mol. The van der Waals surface area contributed by atoms with E-state index in [4.69, 9.17) is 25.8 Å². The number of anilines is 2. The summed E-state index contributed by atoms with van der Waals surface area (Å²) in [6.07, 6.45) is 1.57. The Labute approximate surface area is 212 Å². The Kier molecular flexibility index (Phi) is 6.70. The van der Waals surface area contributed by atoms with Crippen LogP contribution in [0.3, 0.4) is 0 Å². The Morgan fingerprint density at radius 1 is 0.886 bits per heavy atom. The van der Waals surface area contributed by atoms with E-state index in [-0.39, 0.29) is 0 Å². The lowest BCUT2D eigenvalue weighted by Gasteiger charge is -2.12. The number of benzene rings is 3. The third-order valence-electron chi connectivity index (χ3n) is 5.50. The Bertz CT molecular complexity index is 1450. The lowest BCUT2D eigenvalue weighted by molar-refractivity contribution is 0.306. The maximum Gasteiger partial charge on any atom is 0.161 e. The molecule has 0 aliphatic rings. The number of nitrogens with zero attached hydrogens (tertiary/aromatic N) is 2. The molecule has 3 aromatic carbocycles. The number of hydrogen-bond donors (Lipinski definition) is 1. The largest absolute Gasteiger partial charge is 0.493 e. The average molecular weight is 504 g/mol. The van der Waals surface area contributed by atoms with E-state index < -0.39 is 0 Å². The van der Waals surface area contributed by atoms with Crippen LogP contribution in [0, 0.1) is 0 Å². The van der Waals surface area contributed by atoms with Gasteiger partial charge < -0.3 is 19.5 Å². The van der Waals surface area contributed by atoms with Gasteiger partial charge in [-0.25, -0.2) is 9.97 Å². The number of thiophene rings is 1. The van der Waals surface area contributed by atoms with Gasteiger partial charge in [-0.2, -0.15) is 0 Å². The van der Waals surface area contributed by atoms with E-state index in [0.29, 0.717) is 23.1 Å². The molecule has 2 heterocycles. The first-order chi connectivity index (χ1) is 17.1. The highest BCUT2D eigenvalue weighted by molar-refractivity contribution is 7.17. The molecule has 0 saturated heterocycles. The van der Waals surface area contributed by atoms with Crippen molar-refractivity contribution in [3.8, 4) is 28.4 Å². The molecule has 6 nitrogen and oxygen atoms in total. The van der Waals surface area contributed by atoms with E-state index >= 15 is 0 Å². The molecule has 0 spiro atoms. The van der Waals surface area contributed by atoms with Gasteiger partial charge in [-0.3, -0.25) is 0 Å². The summed E-state index contributed by atoms with van der Waals surface area (Å²) in [5.74, 6) is 2.87. The molecule has 0 aliphatic carbocycles. The van der Waals surface area contributed by atoms with Crippen LogP contribution in [0.4, 0.5) is 11.5 Å². The number of rotatable bonds is 8. The SMILES string of the molecule is COc1ccc(-c2csc3ncnc(Nc4ccc(OCc5ccc(Cl)cc5)cc4)c23)cc1OC. The first kappa shape index (κ1) is 23.0. The molecule has 176 valence electrons. The van der Waals surface area contributed by atoms with Gasteiger partial charge in [0.15, 0.2) is 11.5 Å². The summed E-state index contributed by atoms with van der Waals surface area (Å²) >= 11 is 7.52. The summed E-state index contributed by atoms with van der Waals surface area (Å²) in [5, 5.41) is 7.18. The summed E-state index contributed by atoms with van der Waals surface area (Å²) in [5.41, 5.74) is 3.98. The molecule has 0 radical (unpaired) electrons. The van der Waals surface area contributed by atoms with Gasteiger partial charge in [0.25, 0.3) is 0 Å². The minimum Gasteiger partial charge on any atom is -0.493 e. The third-order valence-corrected chi connectivity index (χ3v) is 6.64. The molecule has 0 saturated carbocycles. The minimum atomic E-state index is 0.472. The van der Waals surface area contributed by atoms with Crippen LogP contribution in [0.25, 0.3) is 21.3 Å². The van der Waals surface area contributed by atoms with Crippen LogP contribution >= 0.6 is 22.9 Å². The Morgan fingerprint density at radius 3 is 2.40 bits per heavy atom. The van der Waals surface area contributed by atoms with Crippen molar-refractivity contribution in [2.24, 2.45) is 0 Å². The first-order valence-corrected chi connectivity index (χ1v) is 12.1. The van der Waals surface area contributed by atoms with E-state index in [0.717, 1.165) is 44.2 Å². The van der Waals surface area contributed by atoms with E-state index in [1.165, 1.54) is 0 Å². The fourth-order valence-electron chi connectivity index (χ4n) is 3.70. The highest BCUT2D eigenvalue weighted by Crippen LogP contribution is 2.40. The number of methoxy groups -OCH3 is 2. The van der Waals surface area contributed by atoms with Crippen molar-refractivity contribution in [2.75, 3.05) is 19.5 Å². The van der Waals surface area contributed by atoms with Gasteiger partial charge in [-0.05, 0) is 59.7 Å². The number of ether oxygens (including phenoxy) is 3. The van der Waals surface area contributed by atoms with Crippen LogP contribution in [0.15, 0.2) is 78.4 Å². The molecule has 0 unspecified atom stereocenters. The molecule has 5 aromatic rings. The van der Waals surface area contributed by atoms with Crippen LogP contribution in [0.2, 0.25) is 5.02 Å². The van der Waals surface area contributed by atoms with Gasteiger partial charge in [-0.1, -0.05) is 29.8 Å². The molecule has 2 aromatic heterocycles. The quantitative estimate of drug-likeness (QED) is 0.239. The Morgan fingerprint density at radius 2 is 1.66 bits per heavy atom. The Hall–Kier alpha value is -3.81. The molecule has 5 rings (SSSR count). The van der Waals surface area contributed by atoms with Crippen molar-refractivity contribution >= 4 is 44.7 Å². The van der Waals surface area contributed by atoms with Crippen LogP contribution < -0.4 is 19.5 Å². The molecule has 35 heavy (non-hydrogen) atoms. The van der Waals surface area contributed by atoms with Crippen LogP contribution in [0.1, 0.15) is 5.56 Å². The number of aromatic nitrogens is 2. The number of fused-ring (bicyclic) bond motifs is 1. The van der Waals surface area contributed by atoms with Gasteiger partial charge in [0, 0.05) is 21.7 Å². The number of nitrogens with one attached hydrogen (secondary N) is 1. The standard InChI is InChI=1S/C27H22ClN3O3S/c1-32-23-12-5-18(13-24(23)33-2)22-15-35-27-25(22)26(29-16-30-27)31-20-8-10-21(11-9-20)34-14-17-3-6-19(28)7-4-17/h3-13,15-16H,14H2,1-2H3,(H,29,30,31). The fraction of sp³-hybridized carbons (Fsp3) is 0.111. The molecule has 0 amide bonds. The zero-order chi connectivity index (χ0) is 24.2. The maximum absolute atomic E-state index is 5.95. The summed E-state index contributed by atoms with van der Waals surface area (Å²) in [7, 11) is 3.26. The number of halogens is 1. The molecule has 0 fully saturated rings. The van der Waals surface area contributed by atoms with Crippen molar-refractivity contribution in [1.82, 2.24) is 9.97 Å². The van der Waals surface area contributed by atoms with Gasteiger partial charge in [-0.15, -0.1) is 11.3 Å². The van der Waals surface area contributed by atoms with Gasteiger partial charge in [0.1, 0.15) is 29.3 Å². The lowest BCUT2D eigenvalue weighted by Crippen LogP contribution is -1.97. The zero-order valence-corrected chi connectivity index (χ0v) is 20.7. The second kappa shape index (κ2) is 10.2. The fourth-order valence-corrected chi connectivity index (χ4v) is 4.75. The molecule has 1 N–H and O–H groups in total. The van der Waals surface area contributed by atoms with Crippen molar-refractivity contribution in [2.45, 2.75) is 6.61 Å². The highest BCUT2D eigenvalue weighted by Gasteiger charge is 2.15. The molecular formula is C27H22ClN3O3S. The van der Waals surface area contributed by atoms with Gasteiger partial charge in [0.2, 0.25) is 0 Å². The average Bonchev–Trinajstić information content (AvgIpc) is 3.34. The zero-order valence-electron chi connectivity index (χ0n) is 19.1. The van der Waals surface area contributed by atoms with E-state index in [1.807, 2.05) is 66.7 Å². The third kappa shape index (κ3) is 5.01. The van der Waals surface area contributed by atoms with E-state index in [2.05, 4.69) is 20.7 Å². The summed E-state index contributed by atoms with van der Waals surface area (Å²) in [6.45, 7) is 0.472. The maximum atomic E-state index is 5.95. The first-order valence-electron chi connectivity index (χ1n) is 10.8. The predicted octanol–water partition coefficient (Wildman–Crippen LogP) is 7.35. The normalized spacial score (nSPS) is 10.8. The second-order valence-electron chi connectivity index (χ2n) is 7.69. The smallest absolute Gasteiger partial charge is 0.161 e. The van der Waals surface area contributed by atoms with Crippen molar-refractivity contribution in [1.29, 1.82) is 0 Å². The second-order valence-corrected chi connectivity index (χ2v) is 8.98.